The monoisotopic (exact) mass is 239 g/mol. The minimum absolute atomic E-state index is 0.433. The molecule has 1 N–H and O–H groups in total. The number of nitrogens with one attached hydrogen (secondary N) is 1. The maximum Gasteiger partial charge on any atom is 0.232 e. The first-order valence-corrected chi connectivity index (χ1v) is 5.88. The van der Waals surface area contributed by atoms with E-state index >= 15 is 0 Å². The number of rotatable bonds is 8. The van der Waals surface area contributed by atoms with E-state index in [2.05, 4.69) is 29.1 Å². The molecule has 0 aliphatic heterocycles. The molecule has 0 saturated carbocycles. The van der Waals surface area contributed by atoms with Gasteiger partial charge in [-0.1, -0.05) is 13.8 Å². The van der Waals surface area contributed by atoms with Gasteiger partial charge in [-0.2, -0.15) is 0 Å². The van der Waals surface area contributed by atoms with Gasteiger partial charge in [0, 0.05) is 38.9 Å². The van der Waals surface area contributed by atoms with E-state index in [-0.39, 0.29) is 0 Å². The molecule has 0 radical (unpaired) electrons. The van der Waals surface area contributed by atoms with Gasteiger partial charge in [0.15, 0.2) is 0 Å². The summed E-state index contributed by atoms with van der Waals surface area (Å²) in [4.78, 5) is 8.46. The topological polar surface area (TPSA) is 56.3 Å². The van der Waals surface area contributed by atoms with E-state index in [1.54, 1.807) is 19.5 Å². The highest BCUT2D eigenvalue weighted by molar-refractivity contribution is 5.08. The van der Waals surface area contributed by atoms with Crippen LogP contribution in [0.3, 0.4) is 0 Å². The molecule has 0 fully saturated rings. The summed E-state index contributed by atoms with van der Waals surface area (Å²) < 4.78 is 10.4. The molecule has 17 heavy (non-hydrogen) atoms. The first-order valence-electron chi connectivity index (χ1n) is 5.88. The first-order chi connectivity index (χ1) is 8.22. The molecule has 0 spiro atoms. The fourth-order valence-electron chi connectivity index (χ4n) is 1.23. The highest BCUT2D eigenvalue weighted by atomic mass is 16.5. The number of hydrogen-bond acceptors (Lipinski definition) is 5. The summed E-state index contributed by atoms with van der Waals surface area (Å²) in [5.74, 6) is 0.573. The van der Waals surface area contributed by atoms with Crippen LogP contribution in [0.1, 0.15) is 26.0 Å². The van der Waals surface area contributed by atoms with E-state index in [9.17, 15) is 0 Å². The van der Waals surface area contributed by atoms with Crippen molar-refractivity contribution in [2.75, 3.05) is 20.3 Å². The fraction of sp³-hybridized carbons (Fsp3) is 0.667. The van der Waals surface area contributed by atoms with Crippen LogP contribution in [0.2, 0.25) is 0 Å². The lowest BCUT2D eigenvalue weighted by atomic mass is 10.3. The van der Waals surface area contributed by atoms with E-state index in [0.29, 0.717) is 31.7 Å². The van der Waals surface area contributed by atoms with Gasteiger partial charge in [0.25, 0.3) is 0 Å². The summed E-state index contributed by atoms with van der Waals surface area (Å²) in [6.45, 7) is 6.20. The van der Waals surface area contributed by atoms with Crippen molar-refractivity contribution in [1.82, 2.24) is 15.3 Å². The van der Waals surface area contributed by atoms with Crippen LogP contribution in [0.4, 0.5) is 0 Å². The second-order valence-electron chi connectivity index (χ2n) is 4.08. The predicted octanol–water partition coefficient (Wildman–Crippen LogP) is 1.39. The Morgan fingerprint density at radius 2 is 2.12 bits per heavy atom. The van der Waals surface area contributed by atoms with Crippen molar-refractivity contribution >= 4 is 0 Å². The smallest absolute Gasteiger partial charge is 0.232 e. The van der Waals surface area contributed by atoms with E-state index in [0.717, 1.165) is 12.1 Å². The van der Waals surface area contributed by atoms with Gasteiger partial charge in [-0.3, -0.25) is 4.98 Å². The molecule has 96 valence electrons. The summed E-state index contributed by atoms with van der Waals surface area (Å²) >= 11 is 0. The van der Waals surface area contributed by atoms with Gasteiger partial charge in [0.1, 0.15) is 0 Å². The summed E-state index contributed by atoms with van der Waals surface area (Å²) in [5.41, 5.74) is 0.892. The minimum atomic E-state index is 0.433. The molecular weight excluding hydrogens is 218 g/mol. The second kappa shape index (κ2) is 7.97. The zero-order valence-corrected chi connectivity index (χ0v) is 10.8. The summed E-state index contributed by atoms with van der Waals surface area (Å²) in [7, 11) is 1.68. The summed E-state index contributed by atoms with van der Waals surface area (Å²) in [5, 5.41) is 3.29. The van der Waals surface area contributed by atoms with Crippen LogP contribution < -0.4 is 10.1 Å². The Morgan fingerprint density at radius 1 is 1.29 bits per heavy atom. The van der Waals surface area contributed by atoms with Crippen molar-refractivity contribution in [2.45, 2.75) is 32.9 Å². The standard InChI is InChI=1S/C12H21N3O2/c1-10(2)14-8-11-7-13-9-12(15-11)17-6-4-5-16-3/h7,9-10,14H,4-6,8H2,1-3H3. The van der Waals surface area contributed by atoms with Crippen LogP contribution in [0, 0.1) is 0 Å². The largest absolute Gasteiger partial charge is 0.476 e. The van der Waals surface area contributed by atoms with Crippen molar-refractivity contribution in [1.29, 1.82) is 0 Å². The Hall–Kier alpha value is -1.20. The normalized spacial score (nSPS) is 10.8. The highest BCUT2D eigenvalue weighted by Crippen LogP contribution is 2.05. The van der Waals surface area contributed by atoms with Gasteiger partial charge < -0.3 is 14.8 Å². The number of methoxy groups -OCH3 is 1. The first kappa shape index (κ1) is 13.9. The molecule has 0 aliphatic carbocycles. The van der Waals surface area contributed by atoms with Crippen LogP contribution in [0.5, 0.6) is 5.88 Å². The second-order valence-corrected chi connectivity index (χ2v) is 4.08. The average molecular weight is 239 g/mol. The van der Waals surface area contributed by atoms with Crippen LogP contribution in [-0.2, 0) is 11.3 Å². The van der Waals surface area contributed by atoms with Crippen molar-refractivity contribution in [3.05, 3.63) is 18.1 Å². The molecule has 5 heteroatoms. The molecule has 0 amide bonds. The Kier molecular flexibility index (Phi) is 6.50. The van der Waals surface area contributed by atoms with E-state index in [1.807, 2.05) is 0 Å². The van der Waals surface area contributed by atoms with Crippen molar-refractivity contribution in [3.63, 3.8) is 0 Å². The Morgan fingerprint density at radius 3 is 2.82 bits per heavy atom. The van der Waals surface area contributed by atoms with Crippen molar-refractivity contribution in [3.8, 4) is 5.88 Å². The zero-order valence-electron chi connectivity index (χ0n) is 10.8. The molecule has 0 atom stereocenters. The Labute approximate surface area is 103 Å². The quantitative estimate of drug-likeness (QED) is 0.695. The summed E-state index contributed by atoms with van der Waals surface area (Å²) in [6.07, 6.45) is 4.23. The SMILES string of the molecule is COCCCOc1cncc(CNC(C)C)n1. The molecule has 1 rings (SSSR count). The maximum absolute atomic E-state index is 5.47. The van der Waals surface area contributed by atoms with E-state index < -0.39 is 0 Å². The van der Waals surface area contributed by atoms with Gasteiger partial charge >= 0.3 is 0 Å². The van der Waals surface area contributed by atoms with Crippen molar-refractivity contribution in [2.24, 2.45) is 0 Å². The Balaban J connectivity index is 2.37. The lowest BCUT2D eigenvalue weighted by Crippen LogP contribution is -2.22. The lowest BCUT2D eigenvalue weighted by Gasteiger charge is -2.09. The molecule has 0 aliphatic rings. The third-order valence-electron chi connectivity index (χ3n) is 2.10. The van der Waals surface area contributed by atoms with Crippen LogP contribution in [0.25, 0.3) is 0 Å². The number of nitrogens with zero attached hydrogens (tertiary/aromatic N) is 2. The van der Waals surface area contributed by atoms with E-state index in [4.69, 9.17) is 9.47 Å². The zero-order chi connectivity index (χ0) is 12.5. The van der Waals surface area contributed by atoms with Crippen LogP contribution in [0.15, 0.2) is 12.4 Å². The van der Waals surface area contributed by atoms with Gasteiger partial charge in [0.2, 0.25) is 5.88 Å². The maximum atomic E-state index is 5.47. The van der Waals surface area contributed by atoms with Gasteiger partial charge in [-0.05, 0) is 0 Å². The number of ether oxygens (including phenoxy) is 2. The molecule has 5 nitrogen and oxygen atoms in total. The molecule has 1 heterocycles. The van der Waals surface area contributed by atoms with Crippen LogP contribution >= 0.6 is 0 Å². The number of hydrogen-bond donors (Lipinski definition) is 1. The molecule has 0 aromatic carbocycles. The van der Waals surface area contributed by atoms with E-state index in [1.165, 1.54) is 0 Å². The molecule has 0 bridgehead atoms. The minimum Gasteiger partial charge on any atom is -0.476 e. The molecular formula is C12H21N3O2. The molecule has 1 aromatic rings. The molecule has 0 unspecified atom stereocenters. The van der Waals surface area contributed by atoms with Gasteiger partial charge in [-0.15, -0.1) is 0 Å². The molecule has 1 aromatic heterocycles. The van der Waals surface area contributed by atoms with Crippen molar-refractivity contribution < 1.29 is 9.47 Å². The van der Waals surface area contributed by atoms with Gasteiger partial charge in [0.05, 0.1) is 18.5 Å². The lowest BCUT2D eigenvalue weighted by molar-refractivity contribution is 0.170. The van der Waals surface area contributed by atoms with Crippen LogP contribution in [-0.4, -0.2) is 36.3 Å². The number of aromatic nitrogens is 2. The Bertz CT molecular complexity index is 318. The summed E-state index contributed by atoms with van der Waals surface area (Å²) in [6, 6.07) is 0.433. The third kappa shape index (κ3) is 6.19. The average Bonchev–Trinajstić information content (AvgIpc) is 2.33. The highest BCUT2D eigenvalue weighted by Gasteiger charge is 2.00. The third-order valence-corrected chi connectivity index (χ3v) is 2.10. The predicted molar refractivity (Wildman–Crippen MR) is 66.0 cm³/mol. The molecule has 0 saturated heterocycles. The fourth-order valence-corrected chi connectivity index (χ4v) is 1.23. The van der Waals surface area contributed by atoms with Gasteiger partial charge in [-0.25, -0.2) is 4.98 Å².